The molecular formula is C15H28N2O2. The van der Waals surface area contributed by atoms with E-state index in [2.05, 4.69) is 26.1 Å². The number of carbonyl (C=O) groups excluding carboxylic acids is 2. The molecule has 1 N–H and O–H groups in total. The maximum Gasteiger partial charge on any atom is 0.246 e. The molecule has 1 rings (SSSR count). The Morgan fingerprint density at radius 3 is 2.16 bits per heavy atom. The van der Waals surface area contributed by atoms with Gasteiger partial charge in [0.1, 0.15) is 12.1 Å². The summed E-state index contributed by atoms with van der Waals surface area (Å²) in [5.74, 6) is 0.607. The van der Waals surface area contributed by atoms with Gasteiger partial charge in [-0.25, -0.2) is 0 Å². The van der Waals surface area contributed by atoms with Gasteiger partial charge < -0.3 is 10.2 Å². The van der Waals surface area contributed by atoms with E-state index in [9.17, 15) is 9.59 Å². The third kappa shape index (κ3) is 3.48. The van der Waals surface area contributed by atoms with Crippen LogP contribution in [0.2, 0.25) is 0 Å². The summed E-state index contributed by atoms with van der Waals surface area (Å²) >= 11 is 0. The van der Waals surface area contributed by atoms with E-state index in [1.54, 1.807) is 0 Å². The lowest BCUT2D eigenvalue weighted by Crippen LogP contribution is -2.66. The van der Waals surface area contributed by atoms with Gasteiger partial charge in [-0.3, -0.25) is 9.59 Å². The number of amides is 2. The number of carbonyl (C=O) groups is 2. The molecule has 0 aromatic heterocycles. The predicted octanol–water partition coefficient (Wildman–Crippen LogP) is 2.18. The number of hydrogen-bond donors (Lipinski definition) is 1. The van der Waals surface area contributed by atoms with Crippen LogP contribution in [0, 0.1) is 11.8 Å². The van der Waals surface area contributed by atoms with Crippen LogP contribution < -0.4 is 5.32 Å². The van der Waals surface area contributed by atoms with E-state index in [0.29, 0.717) is 5.92 Å². The lowest BCUT2D eigenvalue weighted by atomic mass is 9.92. The van der Waals surface area contributed by atoms with E-state index in [1.165, 1.54) is 0 Å². The first-order chi connectivity index (χ1) is 8.79. The summed E-state index contributed by atoms with van der Waals surface area (Å²) in [7, 11) is 0. The van der Waals surface area contributed by atoms with Crippen molar-refractivity contribution in [1.82, 2.24) is 10.2 Å². The molecule has 1 aliphatic rings. The molecule has 1 heterocycles. The van der Waals surface area contributed by atoms with Gasteiger partial charge in [-0.1, -0.05) is 34.6 Å². The van der Waals surface area contributed by atoms with Crippen molar-refractivity contribution in [3.05, 3.63) is 0 Å². The molecule has 0 spiro atoms. The Balaban J connectivity index is 3.03. The van der Waals surface area contributed by atoms with E-state index in [0.717, 1.165) is 12.8 Å². The van der Waals surface area contributed by atoms with Crippen molar-refractivity contribution in [3.8, 4) is 0 Å². The van der Waals surface area contributed by atoms with Gasteiger partial charge in [-0.15, -0.1) is 0 Å². The second-order valence-electron chi connectivity index (χ2n) is 6.38. The Labute approximate surface area is 116 Å². The van der Waals surface area contributed by atoms with Crippen LogP contribution in [0.4, 0.5) is 0 Å². The van der Waals surface area contributed by atoms with Crippen LogP contribution in [0.3, 0.4) is 0 Å². The summed E-state index contributed by atoms with van der Waals surface area (Å²) in [5, 5.41) is 2.90. The molecule has 1 saturated heterocycles. The summed E-state index contributed by atoms with van der Waals surface area (Å²) < 4.78 is 0. The molecule has 0 bridgehead atoms. The lowest BCUT2D eigenvalue weighted by molar-refractivity contribution is -0.153. The van der Waals surface area contributed by atoms with Crippen molar-refractivity contribution in [3.63, 3.8) is 0 Å². The third-order valence-electron chi connectivity index (χ3n) is 3.88. The third-order valence-corrected chi connectivity index (χ3v) is 3.88. The molecule has 19 heavy (non-hydrogen) atoms. The smallest absolute Gasteiger partial charge is 0.246 e. The van der Waals surface area contributed by atoms with Gasteiger partial charge in [0.2, 0.25) is 11.8 Å². The highest BCUT2D eigenvalue weighted by atomic mass is 16.2. The molecule has 1 aliphatic heterocycles. The van der Waals surface area contributed by atoms with Gasteiger partial charge in [-0.05, 0) is 31.6 Å². The summed E-state index contributed by atoms with van der Waals surface area (Å²) in [6.45, 7) is 12.2. The Kier molecular flexibility index (Phi) is 5.39. The number of hydrogen-bond acceptors (Lipinski definition) is 2. The fourth-order valence-electron chi connectivity index (χ4n) is 2.59. The van der Waals surface area contributed by atoms with E-state index < -0.39 is 0 Å². The average molecular weight is 268 g/mol. The second-order valence-corrected chi connectivity index (χ2v) is 6.38. The predicted molar refractivity (Wildman–Crippen MR) is 76.6 cm³/mol. The van der Waals surface area contributed by atoms with Crippen molar-refractivity contribution in [1.29, 1.82) is 0 Å². The van der Waals surface area contributed by atoms with Crippen LogP contribution in [0.15, 0.2) is 0 Å². The molecule has 3 atom stereocenters. The van der Waals surface area contributed by atoms with Crippen LogP contribution in [-0.4, -0.2) is 34.8 Å². The second kappa shape index (κ2) is 6.40. The van der Waals surface area contributed by atoms with Crippen LogP contribution in [0.25, 0.3) is 0 Å². The highest BCUT2D eigenvalue weighted by Crippen LogP contribution is 2.23. The minimum absolute atomic E-state index is 0.00676. The van der Waals surface area contributed by atoms with Gasteiger partial charge in [0.25, 0.3) is 0 Å². The van der Waals surface area contributed by atoms with E-state index >= 15 is 0 Å². The van der Waals surface area contributed by atoms with Crippen molar-refractivity contribution in [2.45, 2.75) is 72.5 Å². The van der Waals surface area contributed by atoms with E-state index in [1.807, 2.05) is 25.7 Å². The lowest BCUT2D eigenvalue weighted by Gasteiger charge is -2.43. The number of nitrogens with zero attached hydrogens (tertiary/aromatic N) is 1. The Hall–Kier alpha value is -1.06. The standard InChI is InChI=1S/C15H28N2O2/c1-7-11(6)17-12(8-9(2)3)14(18)16-13(10(4)5)15(17)19/h9-13H,7-8H2,1-6H3,(H,16,18). The molecule has 2 amide bonds. The molecule has 1 fully saturated rings. The number of nitrogens with one attached hydrogen (secondary N) is 1. The van der Waals surface area contributed by atoms with Crippen LogP contribution in [-0.2, 0) is 9.59 Å². The minimum Gasteiger partial charge on any atom is -0.342 e. The van der Waals surface area contributed by atoms with Crippen molar-refractivity contribution >= 4 is 11.8 Å². The quantitative estimate of drug-likeness (QED) is 0.831. The maximum atomic E-state index is 12.6. The molecule has 4 nitrogen and oxygen atoms in total. The first-order valence-corrected chi connectivity index (χ1v) is 7.42. The largest absolute Gasteiger partial charge is 0.342 e. The van der Waals surface area contributed by atoms with Gasteiger partial charge in [0.15, 0.2) is 0 Å². The fraction of sp³-hybridized carbons (Fsp3) is 0.867. The van der Waals surface area contributed by atoms with Crippen molar-refractivity contribution < 1.29 is 9.59 Å². The van der Waals surface area contributed by atoms with Gasteiger partial charge in [-0.2, -0.15) is 0 Å². The first-order valence-electron chi connectivity index (χ1n) is 7.42. The van der Waals surface area contributed by atoms with Crippen LogP contribution >= 0.6 is 0 Å². The highest BCUT2D eigenvalue weighted by Gasteiger charge is 2.43. The summed E-state index contributed by atoms with van der Waals surface area (Å²) in [4.78, 5) is 26.8. The summed E-state index contributed by atoms with van der Waals surface area (Å²) in [6, 6.07) is -0.564. The SMILES string of the molecule is CCC(C)N1C(=O)C(C(C)C)NC(=O)C1CC(C)C. The average Bonchev–Trinajstić information content (AvgIpc) is 2.32. The van der Waals surface area contributed by atoms with Crippen LogP contribution in [0.5, 0.6) is 0 Å². The molecule has 0 aliphatic carbocycles. The molecule has 110 valence electrons. The topological polar surface area (TPSA) is 49.4 Å². The van der Waals surface area contributed by atoms with Crippen molar-refractivity contribution in [2.75, 3.05) is 0 Å². The molecular weight excluding hydrogens is 240 g/mol. The van der Waals surface area contributed by atoms with Gasteiger partial charge >= 0.3 is 0 Å². The van der Waals surface area contributed by atoms with Crippen molar-refractivity contribution in [2.24, 2.45) is 11.8 Å². The normalized spacial score (nSPS) is 26.0. The van der Waals surface area contributed by atoms with E-state index in [4.69, 9.17) is 0 Å². The zero-order valence-corrected chi connectivity index (χ0v) is 13.1. The fourth-order valence-corrected chi connectivity index (χ4v) is 2.59. The van der Waals surface area contributed by atoms with Gasteiger partial charge in [0, 0.05) is 6.04 Å². The molecule has 0 aromatic carbocycles. The highest BCUT2D eigenvalue weighted by molar-refractivity contribution is 5.97. The Morgan fingerprint density at radius 2 is 1.74 bits per heavy atom. The Bertz CT molecular complexity index is 339. The maximum absolute atomic E-state index is 12.6. The molecule has 0 saturated carbocycles. The van der Waals surface area contributed by atoms with Crippen LogP contribution in [0.1, 0.15) is 54.4 Å². The molecule has 0 aromatic rings. The minimum atomic E-state index is -0.370. The molecule has 0 radical (unpaired) electrons. The molecule has 4 heteroatoms. The number of rotatable bonds is 5. The summed E-state index contributed by atoms with van der Waals surface area (Å²) in [5.41, 5.74) is 0. The first kappa shape index (κ1) is 16.0. The van der Waals surface area contributed by atoms with Gasteiger partial charge in [0.05, 0.1) is 0 Å². The summed E-state index contributed by atoms with van der Waals surface area (Å²) in [6.07, 6.45) is 1.60. The monoisotopic (exact) mass is 268 g/mol. The van der Waals surface area contributed by atoms with E-state index in [-0.39, 0.29) is 35.9 Å². The zero-order chi connectivity index (χ0) is 14.7. The Morgan fingerprint density at radius 1 is 1.16 bits per heavy atom. The number of piperazine rings is 1. The molecule has 3 unspecified atom stereocenters. The zero-order valence-electron chi connectivity index (χ0n) is 13.1.